The molecule has 3 aromatic heterocycles. The van der Waals surface area contributed by atoms with E-state index in [1.165, 1.54) is 18.5 Å². The summed E-state index contributed by atoms with van der Waals surface area (Å²) in [7, 11) is 1.77. The van der Waals surface area contributed by atoms with Crippen LogP contribution in [0.5, 0.6) is 0 Å². The fourth-order valence-electron chi connectivity index (χ4n) is 2.66. The van der Waals surface area contributed by atoms with Gasteiger partial charge in [0.2, 0.25) is 5.95 Å². The zero-order chi connectivity index (χ0) is 24.2. The SMILES string of the molecule is Cn1cc(-c2cnc(/C(=C\N)C(=O)Nc3cc(NC(=O)OC(C)(C)C)cnc3F)cn2)cn1. The molecule has 0 atom stereocenters. The number of carbonyl (C=O) groups excluding carboxylic acids is 2. The molecule has 0 saturated heterocycles. The van der Waals surface area contributed by atoms with E-state index in [2.05, 4.69) is 30.7 Å². The Morgan fingerprint density at radius 1 is 1.12 bits per heavy atom. The van der Waals surface area contributed by atoms with E-state index in [-0.39, 0.29) is 22.6 Å². The summed E-state index contributed by atoms with van der Waals surface area (Å²) < 4.78 is 21.0. The van der Waals surface area contributed by atoms with Crippen molar-refractivity contribution in [3.63, 3.8) is 0 Å². The summed E-state index contributed by atoms with van der Waals surface area (Å²) in [4.78, 5) is 36.7. The number of carbonyl (C=O) groups is 2. The predicted octanol–water partition coefficient (Wildman–Crippen LogP) is 2.70. The monoisotopic (exact) mass is 454 g/mol. The largest absolute Gasteiger partial charge is 0.444 e. The average Bonchev–Trinajstić information content (AvgIpc) is 3.16. The van der Waals surface area contributed by atoms with Crippen LogP contribution in [0.4, 0.5) is 20.6 Å². The van der Waals surface area contributed by atoms with Crippen molar-refractivity contribution in [2.24, 2.45) is 12.8 Å². The maximum Gasteiger partial charge on any atom is 0.412 e. The standard InChI is InChI=1S/C21H23FN8O3/c1-21(2,3)33-20(32)28-13-5-15(18(22)26-8-13)29-19(31)14(6-23)17-10-24-16(9-25-17)12-7-27-30(4)11-12/h5-11H,23H2,1-4H3,(H,28,32)(H,29,31)/b14-6+. The summed E-state index contributed by atoms with van der Waals surface area (Å²) in [5.74, 6) is -1.69. The highest BCUT2D eigenvalue weighted by molar-refractivity contribution is 6.24. The van der Waals surface area contributed by atoms with Gasteiger partial charge in [0.25, 0.3) is 5.91 Å². The molecule has 0 spiro atoms. The molecule has 0 radical (unpaired) electrons. The first-order valence-corrected chi connectivity index (χ1v) is 9.76. The third-order valence-corrected chi connectivity index (χ3v) is 4.07. The predicted molar refractivity (Wildman–Crippen MR) is 119 cm³/mol. The topological polar surface area (TPSA) is 150 Å². The van der Waals surface area contributed by atoms with Crippen molar-refractivity contribution < 1.29 is 18.7 Å². The van der Waals surface area contributed by atoms with Crippen molar-refractivity contribution in [3.05, 3.63) is 54.9 Å². The molecule has 0 saturated carbocycles. The number of aryl methyl sites for hydroxylation is 1. The van der Waals surface area contributed by atoms with E-state index < -0.39 is 23.5 Å². The summed E-state index contributed by atoms with van der Waals surface area (Å²) in [6, 6.07) is 1.20. The van der Waals surface area contributed by atoms with Gasteiger partial charge in [-0.25, -0.2) is 9.78 Å². The number of hydrogen-bond acceptors (Lipinski definition) is 8. The molecule has 33 heavy (non-hydrogen) atoms. The van der Waals surface area contributed by atoms with Crippen LogP contribution in [0.25, 0.3) is 16.8 Å². The van der Waals surface area contributed by atoms with Crippen LogP contribution >= 0.6 is 0 Å². The fourth-order valence-corrected chi connectivity index (χ4v) is 2.66. The number of pyridine rings is 1. The van der Waals surface area contributed by atoms with Crippen molar-refractivity contribution in [3.8, 4) is 11.3 Å². The van der Waals surface area contributed by atoms with E-state index >= 15 is 0 Å². The van der Waals surface area contributed by atoms with Crippen molar-refractivity contribution in [1.29, 1.82) is 0 Å². The first-order chi connectivity index (χ1) is 15.6. The molecule has 172 valence electrons. The molecule has 0 aromatic carbocycles. The number of rotatable bonds is 5. The summed E-state index contributed by atoms with van der Waals surface area (Å²) in [6.45, 7) is 5.11. The Morgan fingerprint density at radius 3 is 2.45 bits per heavy atom. The minimum Gasteiger partial charge on any atom is -0.444 e. The van der Waals surface area contributed by atoms with E-state index in [4.69, 9.17) is 10.5 Å². The molecule has 0 fully saturated rings. The number of halogens is 1. The lowest BCUT2D eigenvalue weighted by Crippen LogP contribution is -2.27. The number of hydrogen-bond donors (Lipinski definition) is 3. The maximum absolute atomic E-state index is 14.2. The zero-order valence-electron chi connectivity index (χ0n) is 18.5. The molecule has 0 aliphatic rings. The highest BCUT2D eigenvalue weighted by Crippen LogP contribution is 2.21. The van der Waals surface area contributed by atoms with Gasteiger partial charge in [-0.15, -0.1) is 0 Å². The quantitative estimate of drug-likeness (QED) is 0.393. The normalized spacial score (nSPS) is 11.7. The smallest absolute Gasteiger partial charge is 0.412 e. The zero-order valence-corrected chi connectivity index (χ0v) is 18.5. The fraction of sp³-hybridized carbons (Fsp3) is 0.238. The molecule has 12 heteroatoms. The minimum absolute atomic E-state index is 0.0369. The maximum atomic E-state index is 14.2. The second-order valence-electron chi connectivity index (χ2n) is 7.91. The lowest BCUT2D eigenvalue weighted by molar-refractivity contribution is -0.111. The number of nitrogens with one attached hydrogen (secondary N) is 2. The summed E-state index contributed by atoms with van der Waals surface area (Å²) in [5.41, 5.74) is 6.20. The second kappa shape index (κ2) is 9.42. The summed E-state index contributed by atoms with van der Waals surface area (Å²) in [5, 5.41) is 8.87. The van der Waals surface area contributed by atoms with E-state index in [0.717, 1.165) is 18.0 Å². The lowest BCUT2D eigenvalue weighted by atomic mass is 10.2. The van der Waals surface area contributed by atoms with E-state index in [0.29, 0.717) is 5.69 Å². The van der Waals surface area contributed by atoms with Crippen LogP contribution in [0.1, 0.15) is 26.5 Å². The first kappa shape index (κ1) is 23.3. The molecule has 11 nitrogen and oxygen atoms in total. The second-order valence-corrected chi connectivity index (χ2v) is 7.91. The van der Waals surface area contributed by atoms with Crippen molar-refractivity contribution >= 4 is 28.9 Å². The Morgan fingerprint density at radius 2 is 1.88 bits per heavy atom. The molecule has 2 amide bonds. The number of aromatic nitrogens is 5. The van der Waals surface area contributed by atoms with Crippen LogP contribution in [-0.4, -0.2) is 42.3 Å². The van der Waals surface area contributed by atoms with Crippen LogP contribution in [0.15, 0.2) is 43.3 Å². The van der Waals surface area contributed by atoms with Gasteiger partial charge in [0.1, 0.15) is 5.60 Å². The molecule has 3 rings (SSSR count). The van der Waals surface area contributed by atoms with E-state index in [1.54, 1.807) is 44.9 Å². The number of nitrogens with two attached hydrogens (primary N) is 1. The Bertz CT molecular complexity index is 1200. The van der Waals surface area contributed by atoms with Gasteiger partial charge in [0.15, 0.2) is 0 Å². The first-order valence-electron chi connectivity index (χ1n) is 9.76. The molecule has 0 aliphatic carbocycles. The molecular weight excluding hydrogens is 431 g/mol. The van der Waals surface area contributed by atoms with Gasteiger partial charge >= 0.3 is 6.09 Å². The molecule has 0 aliphatic heterocycles. The molecule has 4 N–H and O–H groups in total. The van der Waals surface area contributed by atoms with E-state index in [1.807, 2.05) is 0 Å². The Hall–Kier alpha value is -4.35. The van der Waals surface area contributed by atoms with Crippen LogP contribution in [-0.2, 0) is 16.6 Å². The summed E-state index contributed by atoms with van der Waals surface area (Å²) >= 11 is 0. The van der Waals surface area contributed by atoms with E-state index in [9.17, 15) is 14.0 Å². The van der Waals surface area contributed by atoms with Crippen LogP contribution in [0.3, 0.4) is 0 Å². The molecule has 3 heterocycles. The van der Waals surface area contributed by atoms with Crippen LogP contribution in [0.2, 0.25) is 0 Å². The highest BCUT2D eigenvalue weighted by Gasteiger charge is 2.19. The minimum atomic E-state index is -0.951. The molecule has 0 unspecified atom stereocenters. The Kier molecular flexibility index (Phi) is 6.66. The van der Waals surface area contributed by atoms with Gasteiger partial charge in [-0.3, -0.25) is 24.8 Å². The van der Waals surface area contributed by atoms with Gasteiger partial charge in [0.05, 0.1) is 53.1 Å². The average molecular weight is 454 g/mol. The van der Waals surface area contributed by atoms with Crippen molar-refractivity contribution in [2.75, 3.05) is 10.6 Å². The van der Waals surface area contributed by atoms with Gasteiger partial charge in [0, 0.05) is 25.0 Å². The van der Waals surface area contributed by atoms with Crippen LogP contribution < -0.4 is 16.4 Å². The molecular formula is C21H23FN8O3. The molecule has 0 bridgehead atoms. The number of anilines is 2. The Labute approximate surface area is 188 Å². The number of nitrogens with zero attached hydrogens (tertiary/aromatic N) is 5. The lowest BCUT2D eigenvalue weighted by Gasteiger charge is -2.19. The van der Waals surface area contributed by atoms with Crippen molar-refractivity contribution in [2.45, 2.75) is 26.4 Å². The number of ether oxygens (including phenoxy) is 1. The molecule has 3 aromatic rings. The summed E-state index contributed by atoms with van der Waals surface area (Å²) in [6.07, 6.45) is 7.62. The van der Waals surface area contributed by atoms with Gasteiger partial charge in [-0.1, -0.05) is 0 Å². The third kappa shape index (κ3) is 6.09. The van der Waals surface area contributed by atoms with Gasteiger partial charge < -0.3 is 15.8 Å². The highest BCUT2D eigenvalue weighted by atomic mass is 19.1. The third-order valence-electron chi connectivity index (χ3n) is 4.07. The van der Waals surface area contributed by atoms with Crippen molar-refractivity contribution in [1.82, 2.24) is 24.7 Å². The van der Waals surface area contributed by atoms with Gasteiger partial charge in [-0.2, -0.15) is 9.49 Å². The Balaban J connectivity index is 1.74. The number of amides is 2. The van der Waals surface area contributed by atoms with Gasteiger partial charge in [-0.05, 0) is 26.8 Å². The van der Waals surface area contributed by atoms with Crippen LogP contribution in [0, 0.1) is 5.95 Å².